The second-order valence-electron chi connectivity index (χ2n) is 5.74. The molecule has 1 amide bonds. The van der Waals surface area contributed by atoms with Gasteiger partial charge in [0, 0.05) is 27.2 Å². The molecule has 0 saturated carbocycles. The predicted molar refractivity (Wildman–Crippen MR) is 95.1 cm³/mol. The minimum atomic E-state index is -3.43. The highest BCUT2D eigenvalue weighted by Crippen LogP contribution is 2.25. The van der Waals surface area contributed by atoms with Crippen LogP contribution in [0.3, 0.4) is 0 Å². The van der Waals surface area contributed by atoms with E-state index in [2.05, 4.69) is 25.6 Å². The highest BCUT2D eigenvalue weighted by molar-refractivity contribution is 9.11. The maximum absolute atomic E-state index is 12.1. The predicted octanol–water partition coefficient (Wildman–Crippen LogP) is 1.73. The molecule has 1 saturated heterocycles. The number of likely N-dealkylation sites (N-methyl/N-ethyl adjacent to an activating group) is 1. The van der Waals surface area contributed by atoms with Crippen LogP contribution < -0.4 is 4.72 Å². The van der Waals surface area contributed by atoms with Crippen molar-refractivity contribution in [1.29, 1.82) is 0 Å². The maximum atomic E-state index is 12.1. The van der Waals surface area contributed by atoms with E-state index < -0.39 is 10.0 Å². The molecule has 23 heavy (non-hydrogen) atoms. The lowest BCUT2D eigenvalue weighted by molar-refractivity contribution is -0.133. The van der Waals surface area contributed by atoms with Crippen LogP contribution in [0.15, 0.2) is 20.1 Å². The largest absolute Gasteiger partial charge is 0.347 e. The molecular formula is C14H22BrN3O3S2. The van der Waals surface area contributed by atoms with Gasteiger partial charge in [-0.1, -0.05) is 0 Å². The third kappa shape index (κ3) is 4.99. The van der Waals surface area contributed by atoms with Crippen molar-refractivity contribution in [3.05, 3.63) is 15.9 Å². The molecule has 1 aromatic heterocycles. The molecule has 1 N–H and O–H groups in total. The van der Waals surface area contributed by atoms with Gasteiger partial charge in [-0.3, -0.25) is 9.69 Å². The first kappa shape index (κ1) is 18.9. The highest BCUT2D eigenvalue weighted by atomic mass is 79.9. The third-order valence-electron chi connectivity index (χ3n) is 3.82. The first-order chi connectivity index (χ1) is 10.8. The van der Waals surface area contributed by atoms with Crippen LogP contribution in [-0.2, 0) is 14.8 Å². The Bertz CT molecular complexity index is 645. The van der Waals surface area contributed by atoms with E-state index >= 15 is 0 Å². The summed E-state index contributed by atoms with van der Waals surface area (Å²) in [5.74, 6) is 0.131. The number of hydrogen-bond acceptors (Lipinski definition) is 5. The van der Waals surface area contributed by atoms with E-state index in [1.54, 1.807) is 31.1 Å². The molecule has 1 atom stereocenters. The van der Waals surface area contributed by atoms with Gasteiger partial charge >= 0.3 is 0 Å². The number of rotatable bonds is 7. The molecule has 0 aliphatic carbocycles. The van der Waals surface area contributed by atoms with E-state index in [0.717, 1.165) is 29.7 Å². The lowest BCUT2D eigenvalue weighted by atomic mass is 10.2. The zero-order valence-corrected chi connectivity index (χ0v) is 16.5. The molecule has 0 bridgehead atoms. The van der Waals surface area contributed by atoms with E-state index in [1.165, 1.54) is 11.3 Å². The van der Waals surface area contributed by atoms with Gasteiger partial charge in [-0.05, 0) is 53.9 Å². The van der Waals surface area contributed by atoms with Crippen molar-refractivity contribution in [3.8, 4) is 0 Å². The molecule has 6 nitrogen and oxygen atoms in total. The number of thiophene rings is 1. The topological polar surface area (TPSA) is 69.7 Å². The molecule has 1 aromatic rings. The molecule has 1 fully saturated rings. The number of nitrogens with zero attached hydrogens (tertiary/aromatic N) is 2. The van der Waals surface area contributed by atoms with Crippen LogP contribution in [0.1, 0.15) is 19.3 Å². The Morgan fingerprint density at radius 3 is 2.83 bits per heavy atom. The minimum Gasteiger partial charge on any atom is -0.347 e. The summed E-state index contributed by atoms with van der Waals surface area (Å²) in [5.41, 5.74) is 0. The van der Waals surface area contributed by atoms with Gasteiger partial charge in [0.15, 0.2) is 0 Å². The number of carbonyl (C=O) groups is 1. The molecule has 0 spiro atoms. The number of halogens is 1. The second kappa shape index (κ2) is 8.06. The number of nitrogens with one attached hydrogen (secondary N) is 1. The number of sulfonamides is 1. The van der Waals surface area contributed by atoms with Crippen LogP contribution in [-0.4, -0.2) is 63.9 Å². The van der Waals surface area contributed by atoms with Gasteiger partial charge in [-0.2, -0.15) is 0 Å². The summed E-state index contributed by atoms with van der Waals surface area (Å²) in [4.78, 5) is 15.9. The van der Waals surface area contributed by atoms with Gasteiger partial charge in [-0.15, -0.1) is 11.3 Å². The van der Waals surface area contributed by atoms with Crippen LogP contribution in [0.5, 0.6) is 0 Å². The van der Waals surface area contributed by atoms with E-state index in [4.69, 9.17) is 0 Å². The van der Waals surface area contributed by atoms with Crippen molar-refractivity contribution in [2.75, 3.05) is 33.7 Å². The van der Waals surface area contributed by atoms with Crippen molar-refractivity contribution >= 4 is 43.2 Å². The average Bonchev–Trinajstić information content (AvgIpc) is 3.11. The van der Waals surface area contributed by atoms with Crippen LogP contribution in [0, 0.1) is 0 Å². The second-order valence-corrected chi connectivity index (χ2v) is 10.2. The fourth-order valence-electron chi connectivity index (χ4n) is 2.67. The van der Waals surface area contributed by atoms with Gasteiger partial charge < -0.3 is 4.90 Å². The van der Waals surface area contributed by atoms with E-state index in [-0.39, 0.29) is 11.9 Å². The Kier molecular flexibility index (Phi) is 6.61. The first-order valence-corrected chi connectivity index (χ1v) is 10.6. The lowest BCUT2D eigenvalue weighted by Gasteiger charge is -2.25. The summed E-state index contributed by atoms with van der Waals surface area (Å²) in [5, 5.41) is 0. The van der Waals surface area contributed by atoms with Gasteiger partial charge in [0.05, 0.1) is 9.83 Å². The molecule has 1 aliphatic heterocycles. The van der Waals surface area contributed by atoms with Crippen molar-refractivity contribution in [3.63, 3.8) is 0 Å². The highest BCUT2D eigenvalue weighted by Gasteiger charge is 2.31. The fraction of sp³-hybridized carbons (Fsp3) is 0.643. The molecule has 2 rings (SSSR count). The average molecular weight is 424 g/mol. The molecular weight excluding hydrogens is 402 g/mol. The smallest absolute Gasteiger partial charge is 0.250 e. The van der Waals surface area contributed by atoms with Gasteiger partial charge in [0.25, 0.3) is 0 Å². The molecule has 9 heteroatoms. The van der Waals surface area contributed by atoms with Crippen molar-refractivity contribution in [1.82, 2.24) is 14.5 Å². The standard InChI is InChI=1S/C14H22BrN3O3S2/c1-17(2)14(19)11-5-3-9-18(11)10-4-8-16-23(20,21)13-7-6-12(15)22-13/h6-7,11,16H,3-5,8-10H2,1-2H3. The summed E-state index contributed by atoms with van der Waals surface area (Å²) < 4.78 is 27.9. The van der Waals surface area contributed by atoms with Crippen molar-refractivity contribution < 1.29 is 13.2 Å². The summed E-state index contributed by atoms with van der Waals surface area (Å²) in [6.07, 6.45) is 2.58. The number of hydrogen-bond donors (Lipinski definition) is 1. The minimum absolute atomic E-state index is 0.0603. The lowest BCUT2D eigenvalue weighted by Crippen LogP contribution is -2.43. The van der Waals surface area contributed by atoms with Crippen molar-refractivity contribution in [2.24, 2.45) is 0 Å². The van der Waals surface area contributed by atoms with E-state index in [0.29, 0.717) is 17.2 Å². The summed E-state index contributed by atoms with van der Waals surface area (Å²) >= 11 is 4.46. The first-order valence-electron chi connectivity index (χ1n) is 7.51. The van der Waals surface area contributed by atoms with E-state index in [1.807, 2.05) is 0 Å². The van der Waals surface area contributed by atoms with Gasteiger partial charge in [0.2, 0.25) is 15.9 Å². The summed E-state index contributed by atoms with van der Waals surface area (Å²) in [6.45, 7) is 1.99. The molecule has 0 radical (unpaired) electrons. The van der Waals surface area contributed by atoms with E-state index in [9.17, 15) is 13.2 Å². The summed E-state index contributed by atoms with van der Waals surface area (Å²) in [6, 6.07) is 3.25. The maximum Gasteiger partial charge on any atom is 0.250 e. The Labute approximate surface area is 150 Å². The molecule has 2 heterocycles. The quantitative estimate of drug-likeness (QED) is 0.677. The van der Waals surface area contributed by atoms with Crippen LogP contribution in [0.25, 0.3) is 0 Å². The zero-order valence-electron chi connectivity index (χ0n) is 13.3. The number of likely N-dealkylation sites (tertiary alicyclic amines) is 1. The zero-order chi connectivity index (χ0) is 17.0. The Hall–Kier alpha value is -0.480. The molecule has 1 aliphatic rings. The monoisotopic (exact) mass is 423 g/mol. The van der Waals surface area contributed by atoms with Crippen molar-refractivity contribution in [2.45, 2.75) is 29.5 Å². The Balaban J connectivity index is 1.80. The molecule has 130 valence electrons. The number of carbonyl (C=O) groups excluding carboxylic acids is 1. The third-order valence-corrected chi connectivity index (χ3v) is 7.39. The normalized spacial score (nSPS) is 19.2. The van der Waals surface area contributed by atoms with Crippen LogP contribution in [0.2, 0.25) is 0 Å². The summed E-state index contributed by atoms with van der Waals surface area (Å²) in [7, 11) is 0.106. The van der Waals surface area contributed by atoms with Gasteiger partial charge in [0.1, 0.15) is 4.21 Å². The molecule has 0 aromatic carbocycles. The molecule has 1 unspecified atom stereocenters. The fourth-order valence-corrected chi connectivity index (χ4v) is 5.80. The SMILES string of the molecule is CN(C)C(=O)C1CCCN1CCCNS(=O)(=O)c1ccc(Br)s1. The number of amides is 1. The Morgan fingerprint density at radius 2 is 2.22 bits per heavy atom. The van der Waals surface area contributed by atoms with Gasteiger partial charge in [-0.25, -0.2) is 13.1 Å². The van der Waals surface area contributed by atoms with Crippen LogP contribution in [0.4, 0.5) is 0 Å². The van der Waals surface area contributed by atoms with Crippen LogP contribution >= 0.6 is 27.3 Å². The Morgan fingerprint density at radius 1 is 1.48 bits per heavy atom.